The lowest BCUT2D eigenvalue weighted by molar-refractivity contribution is 0.0716. The lowest BCUT2D eigenvalue weighted by Crippen LogP contribution is -2.53. The number of pyridine rings is 1. The van der Waals surface area contributed by atoms with Crippen LogP contribution in [0.25, 0.3) is 0 Å². The first-order valence-corrected chi connectivity index (χ1v) is 6.91. The number of aryl methyl sites for hydroxylation is 1. The van der Waals surface area contributed by atoms with Gasteiger partial charge in [0, 0.05) is 11.9 Å². The highest BCUT2D eigenvalue weighted by Gasteiger charge is 2.35. The fourth-order valence-corrected chi connectivity index (χ4v) is 2.67. The van der Waals surface area contributed by atoms with Gasteiger partial charge >= 0.3 is 0 Å². The molecule has 0 aliphatic heterocycles. The quantitative estimate of drug-likeness (QED) is 0.876. The number of carbonyl (C=O) groups excluding carboxylic acids is 1. The Kier molecular flexibility index (Phi) is 4.20. The molecule has 2 N–H and O–H groups in total. The highest BCUT2D eigenvalue weighted by molar-refractivity contribution is 5.95. The maximum Gasteiger partial charge on any atom is 0.253 e. The van der Waals surface area contributed by atoms with E-state index in [1.54, 1.807) is 18.3 Å². The molecule has 2 rings (SSSR count). The van der Waals surface area contributed by atoms with Crippen LogP contribution in [-0.2, 0) is 0 Å². The summed E-state index contributed by atoms with van der Waals surface area (Å²) in [5.41, 5.74) is 0.859. The minimum Gasteiger partial charge on any atom is -0.394 e. The molecule has 1 aromatic rings. The minimum absolute atomic E-state index is 0.00473. The molecule has 0 saturated heterocycles. The molecule has 0 atom stereocenters. The molecule has 1 heterocycles. The summed E-state index contributed by atoms with van der Waals surface area (Å²) in [7, 11) is 0. The number of aromatic nitrogens is 1. The van der Waals surface area contributed by atoms with E-state index in [-0.39, 0.29) is 12.5 Å². The molecular formula is C15H22N2O2. The summed E-state index contributed by atoms with van der Waals surface area (Å²) in [6.07, 6.45) is 5.46. The average molecular weight is 262 g/mol. The number of nitrogens with zero attached hydrogens (tertiary/aromatic N) is 1. The number of hydrogen-bond donors (Lipinski definition) is 2. The van der Waals surface area contributed by atoms with Crippen LogP contribution in [0.1, 0.15) is 48.7 Å². The summed E-state index contributed by atoms with van der Waals surface area (Å²) >= 11 is 0. The minimum atomic E-state index is -0.453. The van der Waals surface area contributed by atoms with Crippen molar-refractivity contribution in [3.63, 3.8) is 0 Å². The van der Waals surface area contributed by atoms with Crippen LogP contribution in [0.4, 0.5) is 0 Å². The van der Waals surface area contributed by atoms with Crippen LogP contribution >= 0.6 is 0 Å². The second kappa shape index (κ2) is 5.70. The fraction of sp³-hybridized carbons (Fsp3) is 0.600. The highest BCUT2D eigenvalue weighted by atomic mass is 16.3. The van der Waals surface area contributed by atoms with Crippen LogP contribution < -0.4 is 5.32 Å². The average Bonchev–Trinajstić information content (AvgIpc) is 2.42. The third-order valence-corrected chi connectivity index (χ3v) is 4.16. The molecule has 19 heavy (non-hydrogen) atoms. The SMILES string of the molecule is Cc1ncccc1C(=O)NC1(CO)CCC(C)CC1. The van der Waals surface area contributed by atoms with Crippen molar-refractivity contribution in [2.45, 2.75) is 45.1 Å². The molecule has 1 amide bonds. The molecule has 0 radical (unpaired) electrons. The molecule has 0 bridgehead atoms. The molecule has 1 saturated carbocycles. The zero-order valence-corrected chi connectivity index (χ0v) is 11.6. The molecule has 4 nitrogen and oxygen atoms in total. The normalized spacial score (nSPS) is 27.0. The zero-order valence-electron chi connectivity index (χ0n) is 11.6. The standard InChI is InChI=1S/C15H22N2O2/c1-11-5-7-15(10-18,8-6-11)17-14(19)13-4-3-9-16-12(13)2/h3-4,9,11,18H,5-8,10H2,1-2H3,(H,17,19). The Hall–Kier alpha value is -1.42. The van der Waals surface area contributed by atoms with Crippen molar-refractivity contribution in [2.24, 2.45) is 5.92 Å². The van der Waals surface area contributed by atoms with Crippen molar-refractivity contribution in [3.05, 3.63) is 29.6 Å². The van der Waals surface area contributed by atoms with E-state index in [1.807, 2.05) is 6.92 Å². The van der Waals surface area contributed by atoms with Gasteiger partial charge in [-0.05, 0) is 50.7 Å². The third-order valence-electron chi connectivity index (χ3n) is 4.16. The van der Waals surface area contributed by atoms with E-state index in [9.17, 15) is 9.90 Å². The van der Waals surface area contributed by atoms with Crippen molar-refractivity contribution < 1.29 is 9.90 Å². The van der Waals surface area contributed by atoms with Gasteiger partial charge in [-0.3, -0.25) is 9.78 Å². The first-order valence-electron chi connectivity index (χ1n) is 6.91. The Morgan fingerprint density at radius 2 is 2.21 bits per heavy atom. The van der Waals surface area contributed by atoms with E-state index in [2.05, 4.69) is 17.2 Å². The number of carbonyl (C=O) groups is 1. The van der Waals surface area contributed by atoms with Crippen LogP contribution in [-0.4, -0.2) is 28.1 Å². The van der Waals surface area contributed by atoms with Crippen molar-refractivity contribution >= 4 is 5.91 Å². The van der Waals surface area contributed by atoms with Gasteiger partial charge in [0.2, 0.25) is 0 Å². The van der Waals surface area contributed by atoms with E-state index >= 15 is 0 Å². The van der Waals surface area contributed by atoms with Gasteiger partial charge in [-0.1, -0.05) is 6.92 Å². The maximum atomic E-state index is 12.3. The van der Waals surface area contributed by atoms with E-state index in [1.165, 1.54) is 0 Å². The van der Waals surface area contributed by atoms with Crippen molar-refractivity contribution in [3.8, 4) is 0 Å². The molecule has 1 fully saturated rings. The van der Waals surface area contributed by atoms with Gasteiger partial charge in [-0.25, -0.2) is 0 Å². The van der Waals surface area contributed by atoms with E-state index in [0.29, 0.717) is 11.5 Å². The Morgan fingerprint density at radius 3 is 2.79 bits per heavy atom. The number of nitrogens with one attached hydrogen (secondary N) is 1. The third kappa shape index (κ3) is 3.13. The summed E-state index contributed by atoms with van der Waals surface area (Å²) < 4.78 is 0. The number of hydrogen-bond acceptors (Lipinski definition) is 3. The second-order valence-electron chi connectivity index (χ2n) is 5.71. The Morgan fingerprint density at radius 1 is 1.53 bits per heavy atom. The maximum absolute atomic E-state index is 12.3. The van der Waals surface area contributed by atoms with Gasteiger partial charge in [-0.2, -0.15) is 0 Å². The van der Waals surface area contributed by atoms with Gasteiger partial charge in [0.05, 0.1) is 17.7 Å². The lowest BCUT2D eigenvalue weighted by atomic mass is 9.77. The highest BCUT2D eigenvalue weighted by Crippen LogP contribution is 2.31. The Labute approximate surface area is 114 Å². The summed E-state index contributed by atoms with van der Waals surface area (Å²) in [4.78, 5) is 16.4. The molecule has 1 aliphatic rings. The van der Waals surface area contributed by atoms with E-state index < -0.39 is 5.54 Å². The van der Waals surface area contributed by atoms with Crippen molar-refractivity contribution in [1.29, 1.82) is 0 Å². The van der Waals surface area contributed by atoms with Crippen LogP contribution in [0.3, 0.4) is 0 Å². The molecular weight excluding hydrogens is 240 g/mol. The Balaban J connectivity index is 2.11. The summed E-state index contributed by atoms with van der Waals surface area (Å²) in [5.74, 6) is 0.547. The summed E-state index contributed by atoms with van der Waals surface area (Å²) in [5, 5.41) is 12.7. The second-order valence-corrected chi connectivity index (χ2v) is 5.71. The zero-order chi connectivity index (χ0) is 13.9. The van der Waals surface area contributed by atoms with Gasteiger partial charge in [0.15, 0.2) is 0 Å². The van der Waals surface area contributed by atoms with Gasteiger partial charge < -0.3 is 10.4 Å². The fourth-order valence-electron chi connectivity index (χ4n) is 2.67. The van der Waals surface area contributed by atoms with Gasteiger partial charge in [-0.15, -0.1) is 0 Å². The molecule has 0 unspecified atom stereocenters. The number of rotatable bonds is 3. The van der Waals surface area contributed by atoms with Crippen LogP contribution in [0.2, 0.25) is 0 Å². The van der Waals surface area contributed by atoms with Crippen molar-refractivity contribution in [2.75, 3.05) is 6.61 Å². The molecule has 4 heteroatoms. The number of aliphatic hydroxyl groups excluding tert-OH is 1. The van der Waals surface area contributed by atoms with Crippen molar-refractivity contribution in [1.82, 2.24) is 10.3 Å². The monoisotopic (exact) mass is 262 g/mol. The molecule has 1 aliphatic carbocycles. The number of amides is 1. The van der Waals surface area contributed by atoms with E-state index in [0.717, 1.165) is 31.4 Å². The summed E-state index contributed by atoms with van der Waals surface area (Å²) in [6.45, 7) is 4.04. The lowest BCUT2D eigenvalue weighted by Gasteiger charge is -2.38. The first-order chi connectivity index (χ1) is 9.06. The predicted octanol–water partition coefficient (Wildman–Crippen LogP) is 2.06. The van der Waals surface area contributed by atoms with Crippen LogP contribution in [0, 0.1) is 12.8 Å². The number of aliphatic hydroxyl groups is 1. The predicted molar refractivity (Wildman–Crippen MR) is 73.9 cm³/mol. The van der Waals surface area contributed by atoms with Gasteiger partial charge in [0.25, 0.3) is 5.91 Å². The Bertz CT molecular complexity index is 451. The smallest absolute Gasteiger partial charge is 0.253 e. The molecule has 0 aromatic carbocycles. The van der Waals surface area contributed by atoms with Crippen LogP contribution in [0.15, 0.2) is 18.3 Å². The largest absolute Gasteiger partial charge is 0.394 e. The first kappa shape index (κ1) is 14.0. The summed E-state index contributed by atoms with van der Waals surface area (Å²) in [6, 6.07) is 3.53. The van der Waals surface area contributed by atoms with Gasteiger partial charge in [0.1, 0.15) is 0 Å². The van der Waals surface area contributed by atoms with E-state index in [4.69, 9.17) is 0 Å². The molecule has 0 spiro atoms. The molecule has 104 valence electrons. The molecule has 1 aromatic heterocycles. The van der Waals surface area contributed by atoms with Crippen LogP contribution in [0.5, 0.6) is 0 Å². The topological polar surface area (TPSA) is 62.2 Å².